The van der Waals surface area contributed by atoms with E-state index in [2.05, 4.69) is 15.6 Å². The number of amides is 1. The van der Waals surface area contributed by atoms with Crippen molar-refractivity contribution in [1.29, 1.82) is 0 Å². The van der Waals surface area contributed by atoms with Crippen LogP contribution in [-0.4, -0.2) is 10.9 Å². The van der Waals surface area contributed by atoms with E-state index in [1.807, 2.05) is 31.2 Å². The van der Waals surface area contributed by atoms with Gasteiger partial charge in [0.15, 0.2) is 5.69 Å². The van der Waals surface area contributed by atoms with Gasteiger partial charge in [0.05, 0.1) is 5.51 Å². The molecule has 2 N–H and O–H groups in total. The van der Waals surface area contributed by atoms with E-state index in [1.165, 1.54) is 11.3 Å². The quantitative estimate of drug-likeness (QED) is 0.692. The number of hydrogen-bond acceptors (Lipinski definition) is 4. The van der Waals surface area contributed by atoms with Crippen LogP contribution in [0.15, 0.2) is 54.0 Å². The molecule has 0 radical (unpaired) electrons. The minimum absolute atomic E-state index is 0.274. The number of nitrogens with one attached hydrogen (secondary N) is 2. The van der Waals surface area contributed by atoms with Crippen molar-refractivity contribution in [1.82, 2.24) is 4.98 Å². The molecule has 0 saturated carbocycles. The van der Waals surface area contributed by atoms with Crippen LogP contribution in [0.4, 0.5) is 16.4 Å². The molecule has 0 unspecified atom stereocenters. The third-order valence-electron chi connectivity index (χ3n) is 3.26. The third kappa shape index (κ3) is 3.70. The lowest BCUT2D eigenvalue weighted by molar-refractivity contribution is 0.102. The van der Waals surface area contributed by atoms with E-state index in [1.54, 1.807) is 29.8 Å². The van der Waals surface area contributed by atoms with Crippen LogP contribution in [0.3, 0.4) is 0 Å². The van der Waals surface area contributed by atoms with Gasteiger partial charge in [-0.1, -0.05) is 35.9 Å². The van der Waals surface area contributed by atoms with E-state index < -0.39 is 0 Å². The van der Waals surface area contributed by atoms with Gasteiger partial charge in [-0.15, -0.1) is 11.3 Å². The van der Waals surface area contributed by atoms with Gasteiger partial charge in [0.25, 0.3) is 5.91 Å². The normalized spacial score (nSPS) is 10.3. The zero-order chi connectivity index (χ0) is 16.2. The van der Waals surface area contributed by atoms with E-state index in [4.69, 9.17) is 11.6 Å². The summed E-state index contributed by atoms with van der Waals surface area (Å²) in [5, 5.41) is 7.35. The highest BCUT2D eigenvalue weighted by Crippen LogP contribution is 2.27. The highest BCUT2D eigenvalue weighted by atomic mass is 35.5. The molecule has 3 aromatic rings. The van der Waals surface area contributed by atoms with Crippen molar-refractivity contribution in [3.63, 3.8) is 0 Å². The molecule has 0 atom stereocenters. The molecule has 0 aliphatic rings. The largest absolute Gasteiger partial charge is 0.345 e. The summed E-state index contributed by atoms with van der Waals surface area (Å²) in [6, 6.07) is 14.9. The summed E-state index contributed by atoms with van der Waals surface area (Å²) in [4.78, 5) is 16.6. The number of aromatic nitrogens is 1. The summed E-state index contributed by atoms with van der Waals surface area (Å²) in [5.74, 6) is -0.274. The topological polar surface area (TPSA) is 54.0 Å². The first kappa shape index (κ1) is 15.5. The first-order valence-electron chi connectivity index (χ1n) is 6.96. The van der Waals surface area contributed by atoms with Crippen LogP contribution < -0.4 is 10.6 Å². The van der Waals surface area contributed by atoms with Gasteiger partial charge in [-0.05, 0) is 36.8 Å². The third-order valence-corrected chi connectivity index (χ3v) is 4.24. The Labute approximate surface area is 143 Å². The molecule has 6 heteroatoms. The van der Waals surface area contributed by atoms with Gasteiger partial charge in [-0.25, -0.2) is 4.98 Å². The molecular formula is C17H14ClN3OS. The number of carbonyl (C=O) groups is 1. The molecule has 0 fully saturated rings. The van der Waals surface area contributed by atoms with Gasteiger partial charge in [0, 0.05) is 16.4 Å². The summed E-state index contributed by atoms with van der Waals surface area (Å²) in [6.45, 7) is 2.01. The van der Waals surface area contributed by atoms with Gasteiger partial charge in [-0.3, -0.25) is 4.79 Å². The van der Waals surface area contributed by atoms with Crippen molar-refractivity contribution in [3.8, 4) is 0 Å². The van der Waals surface area contributed by atoms with Crippen LogP contribution in [0.1, 0.15) is 16.1 Å². The molecule has 0 spiro atoms. The number of carbonyl (C=O) groups excluding carboxylic acids is 1. The van der Waals surface area contributed by atoms with E-state index in [-0.39, 0.29) is 5.91 Å². The van der Waals surface area contributed by atoms with E-state index in [9.17, 15) is 4.79 Å². The summed E-state index contributed by atoms with van der Waals surface area (Å²) in [5.41, 5.74) is 4.69. The predicted octanol–water partition coefficient (Wildman–Crippen LogP) is 5.10. The number of halogens is 1. The van der Waals surface area contributed by atoms with Crippen LogP contribution in [0.2, 0.25) is 5.02 Å². The zero-order valence-electron chi connectivity index (χ0n) is 12.3. The maximum Gasteiger partial charge on any atom is 0.277 e. The molecule has 2 aromatic carbocycles. The fraction of sp³-hybridized carbons (Fsp3) is 0.0588. The Bertz CT molecular complexity index is 847. The minimum atomic E-state index is -0.274. The Morgan fingerprint density at radius 1 is 1.17 bits per heavy atom. The van der Waals surface area contributed by atoms with Crippen molar-refractivity contribution in [3.05, 3.63) is 70.3 Å². The smallest absolute Gasteiger partial charge is 0.277 e. The molecule has 0 aliphatic carbocycles. The van der Waals surface area contributed by atoms with Crippen LogP contribution >= 0.6 is 22.9 Å². The molecule has 3 rings (SSSR count). The number of nitrogens with zero attached hydrogens (tertiary/aromatic N) is 1. The van der Waals surface area contributed by atoms with Gasteiger partial charge in [0.2, 0.25) is 0 Å². The first-order valence-corrected chi connectivity index (χ1v) is 8.22. The second kappa shape index (κ2) is 6.81. The van der Waals surface area contributed by atoms with Crippen molar-refractivity contribution >= 4 is 45.2 Å². The number of para-hydroxylation sites is 1. The van der Waals surface area contributed by atoms with Gasteiger partial charge >= 0.3 is 0 Å². The monoisotopic (exact) mass is 343 g/mol. The maximum absolute atomic E-state index is 12.4. The average molecular weight is 344 g/mol. The average Bonchev–Trinajstić information content (AvgIpc) is 2.98. The minimum Gasteiger partial charge on any atom is -0.345 e. The fourth-order valence-corrected chi connectivity index (χ4v) is 2.97. The number of anilines is 3. The Morgan fingerprint density at radius 3 is 2.78 bits per heavy atom. The van der Waals surface area contributed by atoms with Crippen LogP contribution in [0.5, 0.6) is 0 Å². The van der Waals surface area contributed by atoms with Crippen molar-refractivity contribution < 1.29 is 4.79 Å². The second-order valence-corrected chi connectivity index (χ2v) is 6.23. The molecule has 116 valence electrons. The van der Waals surface area contributed by atoms with Gasteiger partial charge < -0.3 is 10.6 Å². The van der Waals surface area contributed by atoms with E-state index in [0.29, 0.717) is 21.4 Å². The number of thiazole rings is 1. The summed E-state index contributed by atoms with van der Waals surface area (Å²) >= 11 is 7.32. The van der Waals surface area contributed by atoms with Crippen LogP contribution in [-0.2, 0) is 0 Å². The fourth-order valence-electron chi connectivity index (χ4n) is 2.09. The number of benzene rings is 2. The molecule has 23 heavy (non-hydrogen) atoms. The molecule has 0 bridgehead atoms. The Hall–Kier alpha value is -2.37. The highest BCUT2D eigenvalue weighted by Gasteiger charge is 2.16. The molecule has 0 saturated heterocycles. The lowest BCUT2D eigenvalue weighted by Crippen LogP contribution is -2.13. The summed E-state index contributed by atoms with van der Waals surface area (Å²) < 4.78 is 0. The molecule has 1 aromatic heterocycles. The van der Waals surface area contributed by atoms with Crippen LogP contribution in [0, 0.1) is 6.92 Å². The molecule has 1 amide bonds. The van der Waals surface area contributed by atoms with E-state index in [0.717, 1.165) is 11.3 Å². The first-order chi connectivity index (χ1) is 11.1. The zero-order valence-corrected chi connectivity index (χ0v) is 13.9. The van der Waals surface area contributed by atoms with Gasteiger partial charge in [0.1, 0.15) is 5.00 Å². The summed E-state index contributed by atoms with van der Waals surface area (Å²) in [6.07, 6.45) is 0. The van der Waals surface area contributed by atoms with Crippen molar-refractivity contribution in [2.75, 3.05) is 10.6 Å². The van der Waals surface area contributed by atoms with Crippen LogP contribution in [0.25, 0.3) is 0 Å². The number of aryl methyl sites for hydroxylation is 1. The lowest BCUT2D eigenvalue weighted by atomic mass is 10.2. The Balaban J connectivity index is 1.80. The predicted molar refractivity (Wildman–Crippen MR) is 96.0 cm³/mol. The SMILES string of the molecule is Cc1ccccc1Nc1scnc1C(=O)Nc1cccc(Cl)c1. The van der Waals surface area contributed by atoms with Gasteiger partial charge in [-0.2, -0.15) is 0 Å². The van der Waals surface area contributed by atoms with E-state index >= 15 is 0 Å². The second-order valence-electron chi connectivity index (χ2n) is 4.93. The standard InChI is InChI=1S/C17H14ClN3OS/c1-11-5-2-3-8-14(11)21-17-15(19-10-23-17)16(22)20-13-7-4-6-12(18)9-13/h2-10,21H,1H3,(H,20,22). The molecule has 1 heterocycles. The molecular weight excluding hydrogens is 330 g/mol. The molecule has 4 nitrogen and oxygen atoms in total. The summed E-state index contributed by atoms with van der Waals surface area (Å²) in [7, 11) is 0. The maximum atomic E-state index is 12.4. The van der Waals surface area contributed by atoms with Crippen molar-refractivity contribution in [2.24, 2.45) is 0 Å². The molecule has 0 aliphatic heterocycles. The van der Waals surface area contributed by atoms with Crippen molar-refractivity contribution in [2.45, 2.75) is 6.92 Å². The highest BCUT2D eigenvalue weighted by molar-refractivity contribution is 7.14. The Morgan fingerprint density at radius 2 is 2.00 bits per heavy atom. The lowest BCUT2D eigenvalue weighted by Gasteiger charge is -2.09. The Kier molecular flexibility index (Phi) is 4.60. The number of hydrogen-bond donors (Lipinski definition) is 2. The number of rotatable bonds is 4.